The molecule has 0 radical (unpaired) electrons. The summed E-state index contributed by atoms with van der Waals surface area (Å²) in [4.78, 5) is 22.7. The third kappa shape index (κ3) is 3.58. The van der Waals surface area contributed by atoms with Crippen LogP contribution in [0.2, 0.25) is 0 Å². The number of phenolic OH excluding ortho intramolecular Hbond substituents is 1. The first kappa shape index (κ1) is 13.6. The van der Waals surface area contributed by atoms with Crippen LogP contribution in [-0.2, 0) is 11.2 Å². The molecule has 20 heavy (non-hydrogen) atoms. The Bertz CT molecular complexity index is 619. The van der Waals surface area contributed by atoms with Crippen molar-refractivity contribution in [3.05, 3.63) is 59.7 Å². The molecule has 5 nitrogen and oxygen atoms in total. The highest BCUT2D eigenvalue weighted by atomic mass is 16.3. The maximum Gasteiger partial charge on any atom is 0.248 e. The lowest BCUT2D eigenvalue weighted by Gasteiger charge is -2.06. The van der Waals surface area contributed by atoms with Gasteiger partial charge in [-0.05, 0) is 42.0 Å². The zero-order chi connectivity index (χ0) is 14.5. The Morgan fingerprint density at radius 3 is 2.15 bits per heavy atom. The minimum Gasteiger partial charge on any atom is -0.508 e. The number of rotatable bonds is 4. The minimum atomic E-state index is -0.495. The van der Waals surface area contributed by atoms with Crippen molar-refractivity contribution in [1.82, 2.24) is 0 Å². The van der Waals surface area contributed by atoms with E-state index >= 15 is 0 Å². The molecule has 0 saturated heterocycles. The smallest absolute Gasteiger partial charge is 0.248 e. The van der Waals surface area contributed by atoms with E-state index < -0.39 is 5.91 Å². The Hall–Kier alpha value is -2.82. The van der Waals surface area contributed by atoms with Gasteiger partial charge in [0, 0.05) is 11.3 Å². The van der Waals surface area contributed by atoms with Crippen molar-refractivity contribution in [3.8, 4) is 5.75 Å². The number of nitrogens with two attached hydrogens (primary N) is 1. The van der Waals surface area contributed by atoms with Crippen molar-refractivity contribution >= 4 is 17.5 Å². The van der Waals surface area contributed by atoms with E-state index in [1.54, 1.807) is 36.4 Å². The third-order valence-corrected chi connectivity index (χ3v) is 2.75. The van der Waals surface area contributed by atoms with Gasteiger partial charge in [0.05, 0.1) is 6.42 Å². The summed E-state index contributed by atoms with van der Waals surface area (Å²) in [6.45, 7) is 0. The highest BCUT2D eigenvalue weighted by Gasteiger charge is 2.05. The molecule has 0 unspecified atom stereocenters. The van der Waals surface area contributed by atoms with Crippen LogP contribution in [0.15, 0.2) is 48.5 Å². The number of phenols is 1. The number of anilines is 1. The van der Waals surface area contributed by atoms with E-state index in [4.69, 9.17) is 10.8 Å². The normalized spacial score (nSPS) is 10.0. The Kier molecular flexibility index (Phi) is 4.00. The lowest BCUT2D eigenvalue weighted by molar-refractivity contribution is -0.115. The first-order valence-corrected chi connectivity index (χ1v) is 6.02. The predicted molar refractivity (Wildman–Crippen MR) is 75.4 cm³/mol. The first-order chi connectivity index (χ1) is 9.54. The number of aromatic hydroxyl groups is 1. The Labute approximate surface area is 116 Å². The minimum absolute atomic E-state index is 0.144. The molecule has 0 aliphatic rings. The van der Waals surface area contributed by atoms with Crippen LogP contribution in [0.4, 0.5) is 5.69 Å². The van der Waals surface area contributed by atoms with E-state index in [0.29, 0.717) is 11.3 Å². The number of hydrogen-bond donors (Lipinski definition) is 3. The zero-order valence-electron chi connectivity index (χ0n) is 10.7. The number of carbonyl (C=O) groups is 2. The van der Waals surface area contributed by atoms with Gasteiger partial charge in [0.25, 0.3) is 0 Å². The van der Waals surface area contributed by atoms with Crippen LogP contribution >= 0.6 is 0 Å². The summed E-state index contributed by atoms with van der Waals surface area (Å²) in [6.07, 6.45) is 0.194. The van der Waals surface area contributed by atoms with Crippen LogP contribution < -0.4 is 11.1 Å². The van der Waals surface area contributed by atoms with Gasteiger partial charge in [0.1, 0.15) is 5.75 Å². The number of carbonyl (C=O) groups excluding carboxylic acids is 2. The van der Waals surface area contributed by atoms with E-state index in [-0.39, 0.29) is 18.1 Å². The molecule has 2 aromatic carbocycles. The van der Waals surface area contributed by atoms with Crippen molar-refractivity contribution in [2.45, 2.75) is 6.42 Å². The van der Waals surface area contributed by atoms with Crippen LogP contribution in [-0.4, -0.2) is 16.9 Å². The molecule has 0 fully saturated rings. The number of primary amides is 1. The molecule has 0 heterocycles. The number of hydrogen-bond acceptors (Lipinski definition) is 3. The van der Waals surface area contributed by atoms with Gasteiger partial charge in [-0.25, -0.2) is 0 Å². The third-order valence-electron chi connectivity index (χ3n) is 2.75. The molecule has 2 aromatic rings. The van der Waals surface area contributed by atoms with Crippen LogP contribution in [0, 0.1) is 0 Å². The topological polar surface area (TPSA) is 92.4 Å². The lowest BCUT2D eigenvalue weighted by Crippen LogP contribution is -2.15. The Morgan fingerprint density at radius 1 is 1.00 bits per heavy atom. The molecule has 0 aliphatic heterocycles. The van der Waals surface area contributed by atoms with Gasteiger partial charge >= 0.3 is 0 Å². The summed E-state index contributed by atoms with van der Waals surface area (Å²) in [6, 6.07) is 12.8. The fourth-order valence-corrected chi connectivity index (χ4v) is 1.72. The summed E-state index contributed by atoms with van der Waals surface area (Å²) in [7, 11) is 0. The molecule has 0 spiro atoms. The molecule has 0 saturated carbocycles. The summed E-state index contributed by atoms with van der Waals surface area (Å²) in [5.74, 6) is -0.530. The predicted octanol–water partition coefficient (Wildman–Crippen LogP) is 1.67. The zero-order valence-corrected chi connectivity index (χ0v) is 10.7. The average Bonchev–Trinajstić information content (AvgIpc) is 2.42. The van der Waals surface area contributed by atoms with Gasteiger partial charge < -0.3 is 16.2 Å². The van der Waals surface area contributed by atoms with Crippen LogP contribution in [0.1, 0.15) is 15.9 Å². The van der Waals surface area contributed by atoms with Gasteiger partial charge in [0.2, 0.25) is 11.8 Å². The molecular formula is C15H14N2O3. The standard InChI is InChI=1S/C15H14N2O3/c16-15(20)11-3-1-10(2-4-11)9-14(19)17-12-5-7-13(18)8-6-12/h1-8,18H,9H2,(H2,16,20)(H,17,19). The fourth-order valence-electron chi connectivity index (χ4n) is 1.72. The van der Waals surface area contributed by atoms with Gasteiger partial charge in [0.15, 0.2) is 0 Å². The van der Waals surface area contributed by atoms with Gasteiger partial charge in [-0.15, -0.1) is 0 Å². The van der Waals surface area contributed by atoms with E-state index in [1.807, 2.05) is 0 Å². The molecule has 0 bridgehead atoms. The summed E-state index contributed by atoms with van der Waals surface area (Å²) in [5, 5.41) is 11.9. The SMILES string of the molecule is NC(=O)c1ccc(CC(=O)Nc2ccc(O)cc2)cc1. The van der Waals surface area contributed by atoms with Crippen LogP contribution in [0.25, 0.3) is 0 Å². The van der Waals surface area contributed by atoms with Crippen molar-refractivity contribution in [3.63, 3.8) is 0 Å². The highest BCUT2D eigenvalue weighted by Crippen LogP contribution is 2.14. The lowest BCUT2D eigenvalue weighted by atomic mass is 10.1. The highest BCUT2D eigenvalue weighted by molar-refractivity contribution is 5.94. The second kappa shape index (κ2) is 5.88. The molecule has 102 valence electrons. The Balaban J connectivity index is 1.97. The average molecular weight is 270 g/mol. The molecule has 2 amide bonds. The molecule has 0 aliphatic carbocycles. The second-order valence-electron chi connectivity index (χ2n) is 4.33. The van der Waals surface area contributed by atoms with Crippen molar-refractivity contribution in [2.75, 3.05) is 5.32 Å². The quantitative estimate of drug-likeness (QED) is 0.738. The first-order valence-electron chi connectivity index (χ1n) is 6.02. The van der Waals surface area contributed by atoms with Crippen molar-refractivity contribution in [1.29, 1.82) is 0 Å². The molecule has 0 atom stereocenters. The summed E-state index contributed by atoms with van der Waals surface area (Å²) in [5.41, 5.74) is 6.95. The van der Waals surface area contributed by atoms with Gasteiger partial charge in [-0.1, -0.05) is 12.1 Å². The van der Waals surface area contributed by atoms with E-state index in [9.17, 15) is 9.59 Å². The summed E-state index contributed by atoms with van der Waals surface area (Å²) < 4.78 is 0. The molecule has 0 aromatic heterocycles. The van der Waals surface area contributed by atoms with E-state index in [0.717, 1.165) is 5.56 Å². The van der Waals surface area contributed by atoms with Gasteiger partial charge in [-0.2, -0.15) is 0 Å². The number of amides is 2. The fraction of sp³-hybridized carbons (Fsp3) is 0.0667. The maximum absolute atomic E-state index is 11.8. The van der Waals surface area contributed by atoms with Crippen molar-refractivity contribution in [2.24, 2.45) is 5.73 Å². The van der Waals surface area contributed by atoms with Crippen molar-refractivity contribution < 1.29 is 14.7 Å². The number of benzene rings is 2. The monoisotopic (exact) mass is 270 g/mol. The molecular weight excluding hydrogens is 256 g/mol. The maximum atomic E-state index is 11.8. The molecule has 5 heteroatoms. The van der Waals surface area contributed by atoms with Crippen LogP contribution in [0.3, 0.4) is 0 Å². The van der Waals surface area contributed by atoms with Gasteiger partial charge in [-0.3, -0.25) is 9.59 Å². The largest absolute Gasteiger partial charge is 0.508 e. The molecule has 4 N–H and O–H groups in total. The Morgan fingerprint density at radius 2 is 1.60 bits per heavy atom. The number of nitrogens with one attached hydrogen (secondary N) is 1. The van der Waals surface area contributed by atoms with E-state index in [1.165, 1.54) is 12.1 Å². The second-order valence-corrected chi connectivity index (χ2v) is 4.33. The van der Waals surface area contributed by atoms with E-state index in [2.05, 4.69) is 5.32 Å². The summed E-state index contributed by atoms with van der Waals surface area (Å²) >= 11 is 0. The van der Waals surface area contributed by atoms with Crippen LogP contribution in [0.5, 0.6) is 5.75 Å². The molecule has 2 rings (SSSR count).